The highest BCUT2D eigenvalue weighted by Crippen LogP contribution is 2.39. The monoisotopic (exact) mass is 496 g/mol. The Balaban J connectivity index is 1.75. The Morgan fingerprint density at radius 3 is 2.37 bits per heavy atom. The minimum Gasteiger partial charge on any atom is -0.444 e. The van der Waals surface area contributed by atoms with Crippen molar-refractivity contribution in [3.05, 3.63) is 54.7 Å². The van der Waals surface area contributed by atoms with Crippen molar-refractivity contribution >= 4 is 44.6 Å². The summed E-state index contributed by atoms with van der Waals surface area (Å²) in [7, 11) is -3.95. The van der Waals surface area contributed by atoms with Crippen molar-refractivity contribution in [3.8, 4) is 0 Å². The SMILES string of the molecule is CC(C)(C)OC(=O)N1CCN(c2cc(NC=O)c(S(=O)(=O)c3ccccc3)c3cccnc23)CC1. The molecule has 2 heterocycles. The van der Waals surface area contributed by atoms with E-state index in [-0.39, 0.29) is 21.6 Å². The molecule has 1 N–H and O–H groups in total. The van der Waals surface area contributed by atoms with Gasteiger partial charge in [0, 0.05) is 37.8 Å². The first kappa shape index (κ1) is 24.5. The second-order valence-electron chi connectivity index (χ2n) is 9.21. The van der Waals surface area contributed by atoms with E-state index in [1.165, 1.54) is 12.1 Å². The van der Waals surface area contributed by atoms with E-state index in [1.807, 2.05) is 25.7 Å². The fourth-order valence-corrected chi connectivity index (χ4v) is 5.70. The van der Waals surface area contributed by atoms with Crippen LogP contribution in [0.1, 0.15) is 20.8 Å². The number of anilines is 2. The second-order valence-corrected chi connectivity index (χ2v) is 11.1. The molecule has 0 spiro atoms. The number of rotatable bonds is 5. The van der Waals surface area contributed by atoms with Gasteiger partial charge in [0.25, 0.3) is 0 Å². The van der Waals surface area contributed by atoms with Crippen molar-refractivity contribution in [1.82, 2.24) is 9.88 Å². The molecule has 9 nitrogen and oxygen atoms in total. The number of amides is 2. The average molecular weight is 497 g/mol. The predicted octanol–water partition coefficient (Wildman–Crippen LogP) is 3.69. The zero-order valence-corrected chi connectivity index (χ0v) is 20.7. The van der Waals surface area contributed by atoms with Crippen LogP contribution in [0.15, 0.2) is 64.5 Å². The van der Waals surface area contributed by atoms with E-state index in [9.17, 15) is 18.0 Å². The van der Waals surface area contributed by atoms with Gasteiger partial charge in [-0.2, -0.15) is 0 Å². The number of carbonyl (C=O) groups excluding carboxylic acids is 2. The summed E-state index contributed by atoms with van der Waals surface area (Å²) >= 11 is 0. The zero-order chi connectivity index (χ0) is 25.2. The van der Waals surface area contributed by atoms with Crippen LogP contribution in [0.3, 0.4) is 0 Å². The molecule has 1 fully saturated rings. The Bertz CT molecular complexity index is 1350. The summed E-state index contributed by atoms with van der Waals surface area (Å²) in [5, 5.41) is 2.99. The molecule has 1 aliphatic heterocycles. The maximum atomic E-state index is 13.6. The quantitative estimate of drug-likeness (QED) is 0.537. The first-order chi connectivity index (χ1) is 16.6. The van der Waals surface area contributed by atoms with Crippen LogP contribution in [0.4, 0.5) is 16.2 Å². The van der Waals surface area contributed by atoms with Crippen LogP contribution < -0.4 is 10.2 Å². The third-order valence-electron chi connectivity index (χ3n) is 5.63. The van der Waals surface area contributed by atoms with Crippen LogP contribution in [-0.2, 0) is 19.4 Å². The minimum absolute atomic E-state index is 0.00459. The van der Waals surface area contributed by atoms with Crippen molar-refractivity contribution in [3.63, 3.8) is 0 Å². The fourth-order valence-electron chi connectivity index (χ4n) is 4.08. The lowest BCUT2D eigenvalue weighted by Crippen LogP contribution is -2.50. The highest BCUT2D eigenvalue weighted by atomic mass is 32.2. The molecule has 3 aromatic rings. The lowest BCUT2D eigenvalue weighted by molar-refractivity contribution is -0.105. The summed E-state index contributed by atoms with van der Waals surface area (Å²) in [4.78, 5) is 32.2. The Labute approximate surface area is 204 Å². The van der Waals surface area contributed by atoms with Gasteiger partial charge in [-0.25, -0.2) is 13.2 Å². The normalized spacial score (nSPS) is 14.6. The summed E-state index contributed by atoms with van der Waals surface area (Å²) in [5.74, 6) is 0. The standard InChI is InChI=1S/C25H28N4O5S/c1-25(2,3)34-24(31)29-14-12-28(13-15-29)21-16-20(27-17-30)23(19-10-7-11-26-22(19)21)35(32,33)18-8-5-4-6-9-18/h4-11,16-17H,12-15H2,1-3H3,(H,27,30). The molecule has 10 heteroatoms. The average Bonchev–Trinajstić information content (AvgIpc) is 2.83. The summed E-state index contributed by atoms with van der Waals surface area (Å²) in [6.07, 6.45) is 1.70. The minimum atomic E-state index is -3.95. The summed E-state index contributed by atoms with van der Waals surface area (Å²) in [5.41, 5.74) is 0.781. The van der Waals surface area contributed by atoms with Gasteiger partial charge in [-0.3, -0.25) is 9.78 Å². The van der Waals surface area contributed by atoms with Crippen LogP contribution in [0.5, 0.6) is 0 Å². The molecule has 1 saturated heterocycles. The predicted molar refractivity (Wildman–Crippen MR) is 133 cm³/mol. The Kier molecular flexibility index (Phi) is 6.66. The van der Waals surface area contributed by atoms with Crippen LogP contribution in [-0.4, -0.2) is 62.6 Å². The number of piperazine rings is 1. The zero-order valence-electron chi connectivity index (χ0n) is 19.9. The summed E-state index contributed by atoms with van der Waals surface area (Å²) < 4.78 is 32.7. The number of hydrogen-bond acceptors (Lipinski definition) is 7. The maximum Gasteiger partial charge on any atom is 0.410 e. The van der Waals surface area contributed by atoms with Crippen molar-refractivity contribution in [2.75, 3.05) is 36.4 Å². The number of nitrogens with zero attached hydrogens (tertiary/aromatic N) is 3. The van der Waals surface area contributed by atoms with Gasteiger partial charge in [0.05, 0.1) is 21.8 Å². The lowest BCUT2D eigenvalue weighted by atomic mass is 10.1. The van der Waals surface area contributed by atoms with Gasteiger partial charge in [0.1, 0.15) is 10.5 Å². The van der Waals surface area contributed by atoms with E-state index in [0.29, 0.717) is 49.2 Å². The highest BCUT2D eigenvalue weighted by molar-refractivity contribution is 7.92. The smallest absolute Gasteiger partial charge is 0.410 e. The summed E-state index contributed by atoms with van der Waals surface area (Å²) in [6.45, 7) is 7.34. The van der Waals surface area contributed by atoms with E-state index < -0.39 is 15.4 Å². The van der Waals surface area contributed by atoms with Crippen molar-refractivity contribution in [1.29, 1.82) is 0 Å². The Hall–Kier alpha value is -3.66. The molecule has 184 valence electrons. The second kappa shape index (κ2) is 9.53. The van der Waals surface area contributed by atoms with Gasteiger partial charge in [-0.05, 0) is 51.1 Å². The van der Waals surface area contributed by atoms with Crippen molar-refractivity contribution in [2.45, 2.75) is 36.2 Å². The highest BCUT2D eigenvalue weighted by Gasteiger charge is 2.30. The first-order valence-electron chi connectivity index (χ1n) is 11.3. The molecule has 2 amide bonds. The summed E-state index contributed by atoms with van der Waals surface area (Å²) in [6, 6.07) is 13.1. The van der Waals surface area contributed by atoms with E-state index in [0.717, 1.165) is 0 Å². The molecule has 4 rings (SSSR count). The van der Waals surface area contributed by atoms with E-state index in [2.05, 4.69) is 10.3 Å². The van der Waals surface area contributed by atoms with Gasteiger partial charge in [-0.15, -0.1) is 0 Å². The number of benzene rings is 2. The molecule has 0 saturated carbocycles. The molecular weight excluding hydrogens is 468 g/mol. The lowest BCUT2D eigenvalue weighted by Gasteiger charge is -2.37. The van der Waals surface area contributed by atoms with Gasteiger partial charge in [-0.1, -0.05) is 18.2 Å². The largest absolute Gasteiger partial charge is 0.444 e. The molecule has 2 aromatic carbocycles. The van der Waals surface area contributed by atoms with E-state index >= 15 is 0 Å². The number of nitrogens with one attached hydrogen (secondary N) is 1. The topological polar surface area (TPSA) is 109 Å². The molecule has 0 radical (unpaired) electrons. The number of aromatic nitrogens is 1. The number of ether oxygens (including phenoxy) is 1. The number of pyridine rings is 1. The van der Waals surface area contributed by atoms with E-state index in [1.54, 1.807) is 47.5 Å². The molecular formula is C25H28N4O5S. The molecule has 0 bridgehead atoms. The number of sulfone groups is 1. The van der Waals surface area contributed by atoms with Gasteiger partial charge in [0.15, 0.2) is 0 Å². The van der Waals surface area contributed by atoms with Crippen LogP contribution in [0.25, 0.3) is 10.9 Å². The third kappa shape index (κ3) is 5.07. The molecule has 0 atom stereocenters. The van der Waals surface area contributed by atoms with E-state index in [4.69, 9.17) is 4.74 Å². The molecule has 0 aliphatic carbocycles. The molecule has 1 aromatic heterocycles. The van der Waals surface area contributed by atoms with Gasteiger partial charge < -0.3 is 19.9 Å². The molecule has 35 heavy (non-hydrogen) atoms. The third-order valence-corrected chi connectivity index (χ3v) is 7.50. The fraction of sp³-hybridized carbons (Fsp3) is 0.320. The number of fused-ring (bicyclic) bond motifs is 1. The number of hydrogen-bond donors (Lipinski definition) is 1. The Morgan fingerprint density at radius 1 is 1.06 bits per heavy atom. The first-order valence-corrected chi connectivity index (χ1v) is 12.7. The van der Waals surface area contributed by atoms with Gasteiger partial charge in [0.2, 0.25) is 16.2 Å². The number of carbonyl (C=O) groups is 2. The molecule has 0 unspecified atom stereocenters. The maximum absolute atomic E-state index is 13.6. The Morgan fingerprint density at radius 2 is 1.74 bits per heavy atom. The van der Waals surface area contributed by atoms with Crippen LogP contribution in [0, 0.1) is 0 Å². The molecule has 1 aliphatic rings. The van der Waals surface area contributed by atoms with Gasteiger partial charge >= 0.3 is 6.09 Å². The van der Waals surface area contributed by atoms with Crippen molar-refractivity contribution < 1.29 is 22.7 Å². The van der Waals surface area contributed by atoms with Crippen LogP contribution >= 0.6 is 0 Å². The van der Waals surface area contributed by atoms with Crippen LogP contribution in [0.2, 0.25) is 0 Å². The van der Waals surface area contributed by atoms with Crippen molar-refractivity contribution in [2.24, 2.45) is 0 Å².